The Kier molecular flexibility index (Phi) is 9.20. The number of methoxy groups -OCH3 is 1. The van der Waals surface area contributed by atoms with Gasteiger partial charge in [-0.3, -0.25) is 14.4 Å². The van der Waals surface area contributed by atoms with E-state index < -0.39 is 11.9 Å². The van der Waals surface area contributed by atoms with Gasteiger partial charge in [-0.2, -0.15) is 0 Å². The van der Waals surface area contributed by atoms with Crippen LogP contribution in [0.25, 0.3) is 0 Å². The van der Waals surface area contributed by atoms with Gasteiger partial charge in [-0.1, -0.05) is 29.3 Å². The Morgan fingerprint density at radius 1 is 1.24 bits per heavy atom. The topological polar surface area (TPSA) is 87.7 Å². The van der Waals surface area contributed by atoms with E-state index in [9.17, 15) is 14.4 Å². The van der Waals surface area contributed by atoms with Crippen molar-refractivity contribution in [3.63, 3.8) is 0 Å². The summed E-state index contributed by atoms with van der Waals surface area (Å²) >= 11 is 12.0. The lowest BCUT2D eigenvalue weighted by Crippen LogP contribution is -2.50. The van der Waals surface area contributed by atoms with Crippen LogP contribution in [0.5, 0.6) is 0 Å². The first-order chi connectivity index (χ1) is 13.8. The standard InChI is InChI=1S/C20H27Cl2N3O4/c1-13(24-19(27)15-5-3-6-16(21)17(15)22)20(28)25-10-7-14(8-11-25)18(26)23-9-4-12-29-2/h3,5-6,13-14H,4,7-12H2,1-2H3,(H,23,26)(H,24,27). The molecule has 1 aromatic carbocycles. The molecule has 3 amide bonds. The highest BCUT2D eigenvalue weighted by Gasteiger charge is 2.30. The molecule has 2 N–H and O–H groups in total. The van der Waals surface area contributed by atoms with Gasteiger partial charge >= 0.3 is 0 Å². The van der Waals surface area contributed by atoms with Gasteiger partial charge in [-0.05, 0) is 38.3 Å². The second-order valence-electron chi connectivity index (χ2n) is 7.03. The smallest absolute Gasteiger partial charge is 0.253 e. The minimum absolute atomic E-state index is 0.0187. The highest BCUT2D eigenvalue weighted by molar-refractivity contribution is 6.43. The number of piperidine rings is 1. The number of carbonyl (C=O) groups excluding carboxylic acids is 3. The van der Waals surface area contributed by atoms with Crippen LogP contribution >= 0.6 is 23.2 Å². The van der Waals surface area contributed by atoms with Crippen LogP contribution in [0.15, 0.2) is 18.2 Å². The van der Waals surface area contributed by atoms with Crippen molar-refractivity contribution in [3.8, 4) is 0 Å². The Morgan fingerprint density at radius 3 is 2.59 bits per heavy atom. The average molecular weight is 444 g/mol. The van der Waals surface area contributed by atoms with Crippen molar-refractivity contribution in [3.05, 3.63) is 33.8 Å². The van der Waals surface area contributed by atoms with Crippen LogP contribution in [0.1, 0.15) is 36.5 Å². The number of nitrogens with one attached hydrogen (secondary N) is 2. The largest absolute Gasteiger partial charge is 0.385 e. The van der Waals surface area contributed by atoms with E-state index in [-0.39, 0.29) is 33.3 Å². The van der Waals surface area contributed by atoms with Gasteiger partial charge in [0.05, 0.1) is 15.6 Å². The maximum Gasteiger partial charge on any atom is 0.253 e. The highest BCUT2D eigenvalue weighted by Crippen LogP contribution is 2.25. The molecule has 1 heterocycles. The zero-order chi connectivity index (χ0) is 21.4. The van der Waals surface area contributed by atoms with Gasteiger partial charge in [0, 0.05) is 39.3 Å². The van der Waals surface area contributed by atoms with Crippen LogP contribution in [-0.4, -0.2) is 62.0 Å². The summed E-state index contributed by atoms with van der Waals surface area (Å²) in [6, 6.07) is 4.06. The number of carbonyl (C=O) groups is 3. The molecular weight excluding hydrogens is 417 g/mol. The third-order valence-corrected chi connectivity index (χ3v) is 5.74. The number of rotatable bonds is 8. The SMILES string of the molecule is COCCCNC(=O)C1CCN(C(=O)C(C)NC(=O)c2cccc(Cl)c2Cl)CC1. The molecule has 0 bridgehead atoms. The molecule has 1 aliphatic heterocycles. The Balaban J connectivity index is 1.81. The molecule has 2 rings (SSSR count). The molecule has 1 atom stereocenters. The molecule has 1 saturated heterocycles. The van der Waals surface area contributed by atoms with E-state index in [1.54, 1.807) is 37.1 Å². The second kappa shape index (κ2) is 11.4. The quantitative estimate of drug-likeness (QED) is 0.604. The molecule has 1 fully saturated rings. The fraction of sp³-hybridized carbons (Fsp3) is 0.550. The van der Waals surface area contributed by atoms with Crippen molar-refractivity contribution in [2.45, 2.75) is 32.2 Å². The summed E-state index contributed by atoms with van der Waals surface area (Å²) in [5.41, 5.74) is 0.225. The fourth-order valence-corrected chi connectivity index (χ4v) is 3.61. The molecule has 29 heavy (non-hydrogen) atoms. The maximum atomic E-state index is 12.7. The predicted octanol–water partition coefficient (Wildman–Crippen LogP) is 2.50. The van der Waals surface area contributed by atoms with E-state index in [1.165, 1.54) is 0 Å². The molecule has 0 spiro atoms. The van der Waals surface area contributed by atoms with Crippen LogP contribution < -0.4 is 10.6 Å². The van der Waals surface area contributed by atoms with Crippen LogP contribution in [0.4, 0.5) is 0 Å². The first-order valence-corrected chi connectivity index (χ1v) is 10.4. The van der Waals surface area contributed by atoms with Crippen molar-refractivity contribution >= 4 is 40.9 Å². The van der Waals surface area contributed by atoms with Crippen LogP contribution in [0, 0.1) is 5.92 Å². The molecule has 0 saturated carbocycles. The third-order valence-electron chi connectivity index (χ3n) is 4.92. The van der Waals surface area contributed by atoms with Crippen molar-refractivity contribution in [2.75, 3.05) is 33.4 Å². The third kappa shape index (κ3) is 6.59. The number of nitrogens with zero attached hydrogens (tertiary/aromatic N) is 1. The van der Waals surface area contributed by atoms with Crippen molar-refractivity contribution in [1.29, 1.82) is 0 Å². The second-order valence-corrected chi connectivity index (χ2v) is 7.82. The monoisotopic (exact) mass is 443 g/mol. The zero-order valence-corrected chi connectivity index (χ0v) is 18.2. The van der Waals surface area contributed by atoms with Gasteiger partial charge < -0.3 is 20.3 Å². The number of hydrogen-bond donors (Lipinski definition) is 2. The van der Waals surface area contributed by atoms with Crippen LogP contribution in [-0.2, 0) is 14.3 Å². The summed E-state index contributed by atoms with van der Waals surface area (Å²) in [7, 11) is 1.63. The number of benzene rings is 1. The Morgan fingerprint density at radius 2 is 1.93 bits per heavy atom. The summed E-state index contributed by atoms with van der Waals surface area (Å²) in [5, 5.41) is 6.01. The van der Waals surface area contributed by atoms with Gasteiger partial charge in [0.25, 0.3) is 5.91 Å². The average Bonchev–Trinajstić information content (AvgIpc) is 2.72. The Bertz CT molecular complexity index is 736. The minimum Gasteiger partial charge on any atom is -0.385 e. The molecule has 1 unspecified atom stereocenters. The zero-order valence-electron chi connectivity index (χ0n) is 16.7. The molecule has 1 aliphatic rings. The molecule has 9 heteroatoms. The highest BCUT2D eigenvalue weighted by atomic mass is 35.5. The summed E-state index contributed by atoms with van der Waals surface area (Å²) in [6.07, 6.45) is 1.97. The molecule has 160 valence electrons. The van der Waals surface area contributed by atoms with Crippen molar-refractivity contribution in [2.24, 2.45) is 5.92 Å². The van der Waals surface area contributed by atoms with Crippen molar-refractivity contribution < 1.29 is 19.1 Å². The van der Waals surface area contributed by atoms with E-state index in [0.29, 0.717) is 39.1 Å². The minimum atomic E-state index is -0.711. The van der Waals surface area contributed by atoms with Gasteiger partial charge in [-0.15, -0.1) is 0 Å². The van der Waals surface area contributed by atoms with E-state index >= 15 is 0 Å². The Labute approximate surface area is 181 Å². The van der Waals surface area contributed by atoms with E-state index in [2.05, 4.69) is 10.6 Å². The molecular formula is C20H27Cl2N3O4. The number of halogens is 2. The summed E-state index contributed by atoms with van der Waals surface area (Å²) in [4.78, 5) is 39.0. The summed E-state index contributed by atoms with van der Waals surface area (Å²) in [5.74, 6) is -0.721. The summed E-state index contributed by atoms with van der Waals surface area (Å²) < 4.78 is 4.96. The lowest BCUT2D eigenvalue weighted by Gasteiger charge is -2.33. The number of likely N-dealkylation sites (tertiary alicyclic amines) is 1. The summed E-state index contributed by atoms with van der Waals surface area (Å²) in [6.45, 7) is 3.78. The number of amides is 3. The van der Waals surface area contributed by atoms with E-state index in [0.717, 1.165) is 6.42 Å². The lowest BCUT2D eigenvalue weighted by atomic mass is 9.95. The molecule has 0 radical (unpaired) electrons. The molecule has 1 aromatic rings. The fourth-order valence-electron chi connectivity index (χ4n) is 3.22. The Hall–Kier alpha value is -1.83. The predicted molar refractivity (Wildman–Crippen MR) is 112 cm³/mol. The van der Waals surface area contributed by atoms with Crippen LogP contribution in [0.2, 0.25) is 10.0 Å². The normalized spacial score (nSPS) is 15.7. The van der Waals surface area contributed by atoms with Gasteiger partial charge in [-0.25, -0.2) is 0 Å². The number of hydrogen-bond acceptors (Lipinski definition) is 4. The maximum absolute atomic E-state index is 12.7. The molecule has 0 aliphatic carbocycles. The first-order valence-electron chi connectivity index (χ1n) is 9.65. The van der Waals surface area contributed by atoms with Gasteiger partial charge in [0.2, 0.25) is 11.8 Å². The van der Waals surface area contributed by atoms with Gasteiger partial charge in [0.15, 0.2) is 0 Å². The van der Waals surface area contributed by atoms with E-state index in [1.807, 2.05) is 0 Å². The first kappa shape index (κ1) is 23.4. The van der Waals surface area contributed by atoms with Crippen LogP contribution in [0.3, 0.4) is 0 Å². The lowest BCUT2D eigenvalue weighted by molar-refractivity contribution is -0.136. The molecule has 0 aromatic heterocycles. The van der Waals surface area contributed by atoms with Crippen molar-refractivity contribution in [1.82, 2.24) is 15.5 Å². The number of ether oxygens (including phenoxy) is 1. The van der Waals surface area contributed by atoms with Gasteiger partial charge in [0.1, 0.15) is 6.04 Å². The van der Waals surface area contributed by atoms with E-state index in [4.69, 9.17) is 27.9 Å². The molecule has 7 nitrogen and oxygen atoms in total.